The minimum Gasteiger partial charge on any atom is -0.382 e. The van der Waals surface area contributed by atoms with Gasteiger partial charge in [0.2, 0.25) is 0 Å². The summed E-state index contributed by atoms with van der Waals surface area (Å²) in [5.74, 6) is 0.198. The average molecular weight is 329 g/mol. The first-order valence-corrected chi connectivity index (χ1v) is 6.01. The summed E-state index contributed by atoms with van der Waals surface area (Å²) in [6.45, 7) is 1.99. The van der Waals surface area contributed by atoms with Crippen LogP contribution in [0.1, 0.15) is 24.1 Å². The summed E-state index contributed by atoms with van der Waals surface area (Å²) in [5, 5.41) is 4.15. The Kier molecular flexibility index (Phi) is 5.52. The molecule has 1 atom stereocenters. The van der Waals surface area contributed by atoms with Crippen LogP contribution < -0.4 is 5.73 Å². The normalized spacial score (nSPS) is 11.5. The molecule has 2 heterocycles. The Morgan fingerprint density at radius 3 is 2.67 bits per heavy atom. The van der Waals surface area contributed by atoms with Crippen LogP contribution in [0, 0.1) is 5.82 Å². The molecule has 1 aromatic carbocycles. The third-order valence-corrected chi connectivity index (χ3v) is 3.15. The quantitative estimate of drug-likeness (QED) is 0.783. The number of nitrogens with zero attached hydrogens (tertiary/aromatic N) is 3. The minimum atomic E-state index is -0.240. The maximum absolute atomic E-state index is 13.2. The van der Waals surface area contributed by atoms with Gasteiger partial charge in [-0.3, -0.25) is 0 Å². The number of benzene rings is 1. The SMILES string of the molecule is C[C@H](c1cccc(F)c1)c1cn2nc(N)ccc2n1.Cl.Cl. The fraction of sp³-hybridized carbons (Fsp3) is 0.143. The number of halogens is 3. The van der Waals surface area contributed by atoms with Crippen molar-refractivity contribution in [2.24, 2.45) is 0 Å². The summed E-state index contributed by atoms with van der Waals surface area (Å²) in [4.78, 5) is 4.48. The molecule has 0 unspecified atom stereocenters. The summed E-state index contributed by atoms with van der Waals surface area (Å²) in [7, 11) is 0. The molecule has 0 aliphatic rings. The van der Waals surface area contributed by atoms with Gasteiger partial charge in [0, 0.05) is 5.92 Å². The van der Waals surface area contributed by atoms with Gasteiger partial charge in [0.05, 0.1) is 11.9 Å². The molecule has 112 valence electrons. The second kappa shape index (κ2) is 6.74. The molecule has 0 spiro atoms. The summed E-state index contributed by atoms with van der Waals surface area (Å²) in [6.07, 6.45) is 1.82. The fourth-order valence-electron chi connectivity index (χ4n) is 2.07. The third kappa shape index (κ3) is 3.43. The lowest BCUT2D eigenvalue weighted by atomic mass is 9.98. The zero-order valence-corrected chi connectivity index (χ0v) is 12.9. The number of aromatic nitrogens is 3. The third-order valence-electron chi connectivity index (χ3n) is 3.15. The molecular formula is C14H15Cl2FN4. The largest absolute Gasteiger partial charge is 0.382 e. The van der Waals surface area contributed by atoms with Gasteiger partial charge in [-0.25, -0.2) is 13.9 Å². The Bertz CT molecular complexity index is 745. The van der Waals surface area contributed by atoms with Crippen molar-refractivity contribution in [1.82, 2.24) is 14.6 Å². The van der Waals surface area contributed by atoms with Gasteiger partial charge in [-0.2, -0.15) is 0 Å². The van der Waals surface area contributed by atoms with Crippen molar-refractivity contribution in [3.05, 3.63) is 59.7 Å². The van der Waals surface area contributed by atoms with Crippen LogP contribution in [0.25, 0.3) is 5.65 Å². The van der Waals surface area contributed by atoms with E-state index in [1.165, 1.54) is 12.1 Å². The van der Waals surface area contributed by atoms with Crippen LogP contribution in [-0.2, 0) is 0 Å². The monoisotopic (exact) mass is 328 g/mol. The zero-order chi connectivity index (χ0) is 13.4. The topological polar surface area (TPSA) is 56.2 Å². The lowest BCUT2D eigenvalue weighted by Gasteiger charge is -2.08. The van der Waals surface area contributed by atoms with Crippen LogP contribution in [-0.4, -0.2) is 14.6 Å². The van der Waals surface area contributed by atoms with Crippen molar-refractivity contribution >= 4 is 36.3 Å². The smallest absolute Gasteiger partial charge is 0.153 e. The highest BCUT2D eigenvalue weighted by Gasteiger charge is 2.13. The number of rotatable bonds is 2. The van der Waals surface area contributed by atoms with E-state index in [1.54, 1.807) is 16.6 Å². The first-order chi connectivity index (χ1) is 9.13. The van der Waals surface area contributed by atoms with E-state index in [0.29, 0.717) is 5.82 Å². The maximum atomic E-state index is 13.2. The number of nitrogen functional groups attached to an aromatic ring is 1. The second-order valence-electron chi connectivity index (χ2n) is 4.50. The van der Waals surface area contributed by atoms with Gasteiger partial charge in [0.15, 0.2) is 5.65 Å². The van der Waals surface area contributed by atoms with E-state index in [0.717, 1.165) is 16.9 Å². The van der Waals surface area contributed by atoms with E-state index in [-0.39, 0.29) is 36.5 Å². The van der Waals surface area contributed by atoms with Crippen LogP contribution >= 0.6 is 24.8 Å². The predicted octanol–water partition coefficient (Wildman–Crippen LogP) is 3.45. The molecule has 0 radical (unpaired) electrons. The minimum absolute atomic E-state index is 0. The Balaban J connectivity index is 0.00000110. The van der Waals surface area contributed by atoms with Gasteiger partial charge < -0.3 is 5.73 Å². The Morgan fingerprint density at radius 2 is 1.95 bits per heavy atom. The van der Waals surface area contributed by atoms with E-state index in [9.17, 15) is 4.39 Å². The number of hydrogen-bond acceptors (Lipinski definition) is 3. The lowest BCUT2D eigenvalue weighted by molar-refractivity contribution is 0.624. The van der Waals surface area contributed by atoms with E-state index in [4.69, 9.17) is 5.73 Å². The Morgan fingerprint density at radius 1 is 1.19 bits per heavy atom. The van der Waals surface area contributed by atoms with E-state index >= 15 is 0 Å². The van der Waals surface area contributed by atoms with Crippen LogP contribution in [0.3, 0.4) is 0 Å². The lowest BCUT2D eigenvalue weighted by Crippen LogP contribution is -1.97. The highest BCUT2D eigenvalue weighted by atomic mass is 35.5. The van der Waals surface area contributed by atoms with Crippen molar-refractivity contribution in [2.45, 2.75) is 12.8 Å². The molecule has 2 aromatic heterocycles. The van der Waals surface area contributed by atoms with Gasteiger partial charge in [-0.15, -0.1) is 29.9 Å². The molecule has 0 saturated carbocycles. The predicted molar refractivity (Wildman–Crippen MR) is 85.8 cm³/mol. The van der Waals surface area contributed by atoms with Crippen LogP contribution in [0.5, 0.6) is 0 Å². The number of hydrogen-bond donors (Lipinski definition) is 1. The van der Waals surface area contributed by atoms with Crippen molar-refractivity contribution < 1.29 is 4.39 Å². The van der Waals surface area contributed by atoms with Crippen LogP contribution in [0.15, 0.2) is 42.6 Å². The zero-order valence-electron chi connectivity index (χ0n) is 11.2. The molecule has 21 heavy (non-hydrogen) atoms. The molecule has 0 amide bonds. The highest BCUT2D eigenvalue weighted by Crippen LogP contribution is 2.24. The average Bonchev–Trinajstić information content (AvgIpc) is 2.80. The molecule has 0 saturated heterocycles. The summed E-state index contributed by atoms with van der Waals surface area (Å²) < 4.78 is 14.9. The molecule has 0 aliphatic heterocycles. The molecule has 7 heteroatoms. The fourth-order valence-corrected chi connectivity index (χ4v) is 2.07. The molecule has 2 N–H and O–H groups in total. The molecule has 0 aliphatic carbocycles. The van der Waals surface area contributed by atoms with Crippen molar-refractivity contribution in [2.75, 3.05) is 5.73 Å². The van der Waals surface area contributed by atoms with Crippen LogP contribution in [0.2, 0.25) is 0 Å². The second-order valence-corrected chi connectivity index (χ2v) is 4.50. The molecule has 0 bridgehead atoms. The number of nitrogens with two attached hydrogens (primary N) is 1. The molecular weight excluding hydrogens is 314 g/mol. The maximum Gasteiger partial charge on any atom is 0.153 e. The number of fused-ring (bicyclic) bond motifs is 1. The van der Waals surface area contributed by atoms with E-state index < -0.39 is 0 Å². The van der Waals surface area contributed by atoms with E-state index in [1.807, 2.05) is 25.3 Å². The highest BCUT2D eigenvalue weighted by molar-refractivity contribution is 5.85. The van der Waals surface area contributed by atoms with Crippen molar-refractivity contribution in [1.29, 1.82) is 0 Å². The van der Waals surface area contributed by atoms with E-state index in [2.05, 4.69) is 10.1 Å². The standard InChI is InChI=1S/C14H13FN4.2ClH/c1-9(10-3-2-4-11(15)7-10)12-8-19-14(17-12)6-5-13(16)18-19;;/h2-9H,1H3,(H2,16,18);2*1H/t9-;;/m1../s1. The van der Waals surface area contributed by atoms with Crippen molar-refractivity contribution in [3.8, 4) is 0 Å². The first-order valence-electron chi connectivity index (χ1n) is 6.01. The van der Waals surface area contributed by atoms with Gasteiger partial charge >= 0.3 is 0 Å². The van der Waals surface area contributed by atoms with Gasteiger partial charge in [0.25, 0.3) is 0 Å². The molecule has 3 rings (SSSR count). The summed E-state index contributed by atoms with van der Waals surface area (Å²) >= 11 is 0. The van der Waals surface area contributed by atoms with Gasteiger partial charge in [-0.1, -0.05) is 19.1 Å². The number of imidazole rings is 1. The molecule has 4 nitrogen and oxygen atoms in total. The van der Waals surface area contributed by atoms with Crippen LogP contribution in [0.4, 0.5) is 10.2 Å². The number of anilines is 1. The van der Waals surface area contributed by atoms with Gasteiger partial charge in [0.1, 0.15) is 11.6 Å². The van der Waals surface area contributed by atoms with Gasteiger partial charge in [-0.05, 0) is 29.8 Å². The first kappa shape index (κ1) is 17.2. The molecule has 3 aromatic rings. The van der Waals surface area contributed by atoms with Crippen molar-refractivity contribution in [3.63, 3.8) is 0 Å². The summed E-state index contributed by atoms with van der Waals surface area (Å²) in [5.41, 5.74) is 8.08. The summed E-state index contributed by atoms with van der Waals surface area (Å²) in [6, 6.07) is 10.1. The Hall–Kier alpha value is -1.85. The molecule has 0 fully saturated rings. The Labute approximate surface area is 134 Å².